The Morgan fingerprint density at radius 2 is 1.95 bits per heavy atom. The van der Waals surface area contributed by atoms with Gasteiger partial charge in [0.1, 0.15) is 17.3 Å². The molecule has 116 valence electrons. The summed E-state index contributed by atoms with van der Waals surface area (Å²) in [6.07, 6.45) is 1.44. The highest BCUT2D eigenvalue weighted by molar-refractivity contribution is 6.30. The van der Waals surface area contributed by atoms with E-state index in [0.717, 1.165) is 0 Å². The second kappa shape index (κ2) is 6.89. The molecule has 0 fully saturated rings. The molecule has 0 saturated heterocycles. The number of hydrogen-bond donors (Lipinski definition) is 1. The molecular weight excluding hydrogens is 292 g/mol. The van der Waals surface area contributed by atoms with E-state index in [2.05, 4.69) is 10.3 Å². The van der Waals surface area contributed by atoms with E-state index in [1.807, 2.05) is 13.8 Å². The number of carbonyl (C=O) groups is 2. The first-order valence-electron chi connectivity index (χ1n) is 6.75. The van der Waals surface area contributed by atoms with Crippen molar-refractivity contribution in [2.24, 2.45) is 5.92 Å². The second-order valence-corrected chi connectivity index (χ2v) is 6.52. The third kappa shape index (κ3) is 5.71. The zero-order valence-corrected chi connectivity index (χ0v) is 13.7. The van der Waals surface area contributed by atoms with Crippen molar-refractivity contribution >= 4 is 23.5 Å². The van der Waals surface area contributed by atoms with E-state index in [-0.39, 0.29) is 11.6 Å². The second-order valence-electron chi connectivity index (χ2n) is 6.09. The molecule has 0 aromatic carbocycles. The van der Waals surface area contributed by atoms with Crippen LogP contribution in [0.4, 0.5) is 0 Å². The van der Waals surface area contributed by atoms with Crippen LogP contribution in [0.25, 0.3) is 0 Å². The Morgan fingerprint density at radius 1 is 1.33 bits per heavy atom. The number of rotatable bonds is 4. The summed E-state index contributed by atoms with van der Waals surface area (Å²) in [6, 6.07) is 2.28. The Hall–Kier alpha value is -1.62. The molecule has 1 heterocycles. The van der Waals surface area contributed by atoms with E-state index >= 15 is 0 Å². The smallest absolute Gasteiger partial charge is 0.329 e. The molecular formula is C15H21ClN2O3. The van der Waals surface area contributed by atoms with Crippen LogP contribution in [-0.4, -0.2) is 28.5 Å². The maximum atomic E-state index is 12.2. The number of esters is 1. The maximum absolute atomic E-state index is 12.2. The number of pyridine rings is 1. The molecule has 0 aliphatic carbocycles. The number of nitrogens with zero attached hydrogens (tertiary/aromatic N) is 1. The fourth-order valence-corrected chi connectivity index (χ4v) is 1.77. The van der Waals surface area contributed by atoms with Crippen molar-refractivity contribution in [3.63, 3.8) is 0 Å². The van der Waals surface area contributed by atoms with Crippen LogP contribution in [0.5, 0.6) is 0 Å². The standard InChI is InChI=1S/C15H21ClN2O3/c1-9(2)12(14(20)21-15(3,4)5)18-13(19)11-8-10(16)6-7-17-11/h6-9,12H,1-5H3,(H,18,19)/t12-/m1/s1. The van der Waals surface area contributed by atoms with Crippen molar-refractivity contribution in [3.05, 3.63) is 29.0 Å². The van der Waals surface area contributed by atoms with Crippen molar-refractivity contribution in [2.45, 2.75) is 46.3 Å². The van der Waals surface area contributed by atoms with Gasteiger partial charge in [-0.3, -0.25) is 9.78 Å². The molecule has 0 spiro atoms. The Labute approximate surface area is 130 Å². The van der Waals surface area contributed by atoms with Crippen LogP contribution in [0.3, 0.4) is 0 Å². The molecule has 6 heteroatoms. The number of ether oxygens (including phenoxy) is 1. The molecule has 1 aromatic rings. The lowest BCUT2D eigenvalue weighted by atomic mass is 10.0. The quantitative estimate of drug-likeness (QED) is 0.868. The lowest BCUT2D eigenvalue weighted by Gasteiger charge is -2.26. The number of carbonyl (C=O) groups excluding carboxylic acids is 2. The van der Waals surface area contributed by atoms with Gasteiger partial charge in [-0.2, -0.15) is 0 Å². The van der Waals surface area contributed by atoms with Gasteiger partial charge in [-0.1, -0.05) is 25.4 Å². The largest absolute Gasteiger partial charge is 0.458 e. The number of nitrogens with one attached hydrogen (secondary N) is 1. The van der Waals surface area contributed by atoms with E-state index in [4.69, 9.17) is 16.3 Å². The molecule has 5 nitrogen and oxygen atoms in total. The number of aromatic nitrogens is 1. The van der Waals surface area contributed by atoms with Gasteiger partial charge in [0.2, 0.25) is 0 Å². The SMILES string of the molecule is CC(C)[C@@H](NC(=O)c1cc(Cl)ccn1)C(=O)OC(C)(C)C. The zero-order chi connectivity index (χ0) is 16.2. The molecule has 1 amide bonds. The van der Waals surface area contributed by atoms with Crippen molar-refractivity contribution in [1.82, 2.24) is 10.3 Å². The van der Waals surface area contributed by atoms with Gasteiger partial charge in [0.15, 0.2) is 0 Å². The van der Waals surface area contributed by atoms with Crippen molar-refractivity contribution in [2.75, 3.05) is 0 Å². The first kappa shape index (κ1) is 17.4. The molecule has 1 atom stereocenters. The van der Waals surface area contributed by atoms with Gasteiger partial charge < -0.3 is 10.1 Å². The normalized spacial score (nSPS) is 12.9. The zero-order valence-electron chi connectivity index (χ0n) is 12.9. The van der Waals surface area contributed by atoms with Gasteiger partial charge in [0.25, 0.3) is 5.91 Å². The monoisotopic (exact) mass is 312 g/mol. The Morgan fingerprint density at radius 3 is 2.43 bits per heavy atom. The highest BCUT2D eigenvalue weighted by Crippen LogP contribution is 2.13. The fourth-order valence-electron chi connectivity index (χ4n) is 1.61. The summed E-state index contributed by atoms with van der Waals surface area (Å²) < 4.78 is 5.32. The first-order chi connectivity index (χ1) is 9.60. The topological polar surface area (TPSA) is 68.3 Å². The van der Waals surface area contributed by atoms with Crippen LogP contribution in [-0.2, 0) is 9.53 Å². The third-order valence-corrected chi connectivity index (χ3v) is 2.80. The molecule has 0 bridgehead atoms. The van der Waals surface area contributed by atoms with Crippen molar-refractivity contribution < 1.29 is 14.3 Å². The van der Waals surface area contributed by atoms with Crippen molar-refractivity contribution in [3.8, 4) is 0 Å². The van der Waals surface area contributed by atoms with E-state index in [0.29, 0.717) is 5.02 Å². The molecule has 0 unspecified atom stereocenters. The minimum atomic E-state index is -0.738. The van der Waals surface area contributed by atoms with Crippen LogP contribution in [0.2, 0.25) is 5.02 Å². The molecule has 0 aliphatic rings. The Balaban J connectivity index is 2.84. The Kier molecular flexibility index (Phi) is 5.72. The fraction of sp³-hybridized carbons (Fsp3) is 0.533. The molecule has 0 radical (unpaired) electrons. The maximum Gasteiger partial charge on any atom is 0.329 e. The van der Waals surface area contributed by atoms with E-state index in [1.54, 1.807) is 26.8 Å². The van der Waals surface area contributed by atoms with Crippen LogP contribution in [0.15, 0.2) is 18.3 Å². The lowest BCUT2D eigenvalue weighted by molar-refractivity contribution is -0.158. The van der Waals surface area contributed by atoms with Crippen LogP contribution in [0, 0.1) is 5.92 Å². The summed E-state index contributed by atoms with van der Waals surface area (Å²) >= 11 is 5.83. The predicted molar refractivity (Wildman–Crippen MR) is 81.2 cm³/mol. The van der Waals surface area contributed by atoms with Gasteiger partial charge in [-0.15, -0.1) is 0 Å². The summed E-state index contributed by atoms with van der Waals surface area (Å²) in [4.78, 5) is 28.2. The number of hydrogen-bond acceptors (Lipinski definition) is 4. The van der Waals surface area contributed by atoms with Gasteiger partial charge in [-0.25, -0.2) is 4.79 Å². The van der Waals surface area contributed by atoms with Crippen molar-refractivity contribution in [1.29, 1.82) is 0 Å². The van der Waals surface area contributed by atoms with Crippen LogP contribution >= 0.6 is 11.6 Å². The highest BCUT2D eigenvalue weighted by atomic mass is 35.5. The van der Waals surface area contributed by atoms with E-state index in [1.165, 1.54) is 12.3 Å². The summed E-state index contributed by atoms with van der Waals surface area (Å²) in [5, 5.41) is 3.06. The van der Waals surface area contributed by atoms with Gasteiger partial charge >= 0.3 is 5.97 Å². The summed E-state index contributed by atoms with van der Waals surface area (Å²) in [7, 11) is 0. The molecule has 21 heavy (non-hydrogen) atoms. The summed E-state index contributed by atoms with van der Waals surface area (Å²) in [5.41, 5.74) is -0.444. The first-order valence-corrected chi connectivity index (χ1v) is 7.13. The van der Waals surface area contributed by atoms with Gasteiger partial charge in [-0.05, 0) is 38.8 Å². The third-order valence-electron chi connectivity index (χ3n) is 2.57. The van der Waals surface area contributed by atoms with Crippen LogP contribution in [0.1, 0.15) is 45.1 Å². The average molecular weight is 313 g/mol. The summed E-state index contributed by atoms with van der Waals surface area (Å²) in [6.45, 7) is 9.01. The number of amides is 1. The Bertz CT molecular complexity index is 524. The minimum absolute atomic E-state index is 0.108. The van der Waals surface area contributed by atoms with E-state index in [9.17, 15) is 9.59 Å². The minimum Gasteiger partial charge on any atom is -0.458 e. The van der Waals surface area contributed by atoms with Gasteiger partial charge in [0, 0.05) is 11.2 Å². The molecule has 1 N–H and O–H groups in total. The molecule has 0 aliphatic heterocycles. The average Bonchev–Trinajstić information content (AvgIpc) is 2.32. The van der Waals surface area contributed by atoms with E-state index < -0.39 is 23.5 Å². The molecule has 1 aromatic heterocycles. The van der Waals surface area contributed by atoms with Crippen LogP contribution < -0.4 is 5.32 Å². The molecule has 0 saturated carbocycles. The molecule has 1 rings (SSSR count). The highest BCUT2D eigenvalue weighted by Gasteiger charge is 2.29. The lowest BCUT2D eigenvalue weighted by Crippen LogP contribution is -2.47. The van der Waals surface area contributed by atoms with Gasteiger partial charge in [0.05, 0.1) is 0 Å². The predicted octanol–water partition coefficient (Wildman–Crippen LogP) is 2.83. The number of halogens is 1. The summed E-state index contributed by atoms with van der Waals surface area (Å²) in [5.74, 6) is -1.03.